The number of benzene rings is 2. The van der Waals surface area contributed by atoms with Crippen molar-refractivity contribution in [1.82, 2.24) is 20.2 Å². The lowest BCUT2D eigenvalue weighted by Crippen LogP contribution is -2.50. The molecule has 2 fully saturated rings. The van der Waals surface area contributed by atoms with Gasteiger partial charge in [-0.1, -0.05) is 36.4 Å². The average Bonchev–Trinajstić information content (AvgIpc) is 3.37. The monoisotopic (exact) mass is 501 g/mol. The van der Waals surface area contributed by atoms with Crippen LogP contribution in [0.2, 0.25) is 0 Å². The number of ether oxygens (including phenoxy) is 2. The topological polar surface area (TPSA) is 88.6 Å². The molecule has 1 saturated heterocycles. The van der Waals surface area contributed by atoms with Gasteiger partial charge < -0.3 is 20.1 Å². The number of carbonyl (C=O) groups excluding carboxylic acids is 1. The summed E-state index contributed by atoms with van der Waals surface area (Å²) in [4.78, 5) is 24.0. The van der Waals surface area contributed by atoms with Gasteiger partial charge >= 0.3 is 0 Å². The maximum absolute atomic E-state index is 12.8. The van der Waals surface area contributed by atoms with Crippen LogP contribution in [0.15, 0.2) is 67.0 Å². The third-order valence-corrected chi connectivity index (χ3v) is 7.07. The number of rotatable bonds is 9. The molecule has 0 spiro atoms. The molecular weight excluding hydrogens is 466 g/mol. The first-order valence-corrected chi connectivity index (χ1v) is 13.1. The normalized spacial score (nSPS) is 18.6. The first-order valence-electron chi connectivity index (χ1n) is 13.1. The summed E-state index contributed by atoms with van der Waals surface area (Å²) in [6, 6.07) is 16.2. The molecule has 2 aromatic carbocycles. The van der Waals surface area contributed by atoms with E-state index >= 15 is 0 Å². The molecule has 1 saturated carbocycles. The van der Waals surface area contributed by atoms with Gasteiger partial charge in [-0.25, -0.2) is 9.97 Å². The van der Waals surface area contributed by atoms with Gasteiger partial charge in [0.25, 0.3) is 0 Å². The summed E-state index contributed by atoms with van der Waals surface area (Å²) < 4.78 is 11.9. The molecule has 37 heavy (non-hydrogen) atoms. The van der Waals surface area contributed by atoms with Crippen molar-refractivity contribution in [3.05, 3.63) is 72.6 Å². The van der Waals surface area contributed by atoms with Gasteiger partial charge in [-0.2, -0.15) is 0 Å². The minimum absolute atomic E-state index is 0.0774. The van der Waals surface area contributed by atoms with Crippen LogP contribution < -0.4 is 15.4 Å². The molecule has 2 aliphatic rings. The molecular formula is C29H35N5O3. The van der Waals surface area contributed by atoms with E-state index in [1.807, 2.05) is 42.5 Å². The zero-order valence-corrected chi connectivity index (χ0v) is 21.4. The second kappa shape index (κ2) is 11.7. The van der Waals surface area contributed by atoms with Crippen LogP contribution in [-0.4, -0.2) is 59.3 Å². The number of amides is 1. The van der Waals surface area contributed by atoms with E-state index in [1.54, 1.807) is 12.4 Å². The van der Waals surface area contributed by atoms with Gasteiger partial charge in [-0.3, -0.25) is 9.69 Å². The second-order valence-corrected chi connectivity index (χ2v) is 9.79. The number of hydrogen-bond donors (Lipinski definition) is 2. The van der Waals surface area contributed by atoms with Gasteiger partial charge in [-0.15, -0.1) is 0 Å². The molecule has 0 bridgehead atoms. The Balaban J connectivity index is 1.29. The number of morpholine rings is 1. The molecule has 5 rings (SSSR count). The minimum atomic E-state index is -0.714. The highest BCUT2D eigenvalue weighted by Gasteiger charge is 2.37. The Morgan fingerprint density at radius 2 is 1.92 bits per heavy atom. The minimum Gasteiger partial charge on any atom is -0.468 e. The van der Waals surface area contributed by atoms with Crippen molar-refractivity contribution in [2.75, 3.05) is 38.2 Å². The summed E-state index contributed by atoms with van der Waals surface area (Å²) in [5, 5.41) is 7.56. The fourth-order valence-electron chi connectivity index (χ4n) is 5.03. The van der Waals surface area contributed by atoms with Gasteiger partial charge in [0, 0.05) is 50.0 Å². The summed E-state index contributed by atoms with van der Waals surface area (Å²) in [7, 11) is 0. The number of hydrogen-bond acceptors (Lipinski definition) is 7. The quantitative estimate of drug-likeness (QED) is 0.331. The lowest BCUT2D eigenvalue weighted by Gasteiger charge is -2.31. The third-order valence-electron chi connectivity index (χ3n) is 7.07. The molecule has 0 unspecified atom stereocenters. The molecule has 1 atom stereocenters. The van der Waals surface area contributed by atoms with Crippen LogP contribution in [0, 0.1) is 0 Å². The predicted molar refractivity (Wildman–Crippen MR) is 144 cm³/mol. The van der Waals surface area contributed by atoms with E-state index in [2.05, 4.69) is 44.6 Å². The zero-order chi connectivity index (χ0) is 25.5. The van der Waals surface area contributed by atoms with Crippen LogP contribution in [0.25, 0.3) is 10.9 Å². The van der Waals surface area contributed by atoms with Gasteiger partial charge in [-0.05, 0) is 43.5 Å². The van der Waals surface area contributed by atoms with E-state index in [4.69, 9.17) is 9.47 Å². The summed E-state index contributed by atoms with van der Waals surface area (Å²) in [6.45, 7) is 6.13. The maximum Gasteiger partial charge on any atom is 0.246 e. The van der Waals surface area contributed by atoms with Crippen LogP contribution in [0.4, 0.5) is 5.82 Å². The molecule has 1 aliphatic heterocycles. The summed E-state index contributed by atoms with van der Waals surface area (Å²) in [5.74, 6) is 1.32. The molecule has 3 aromatic rings. The van der Waals surface area contributed by atoms with E-state index < -0.39 is 5.72 Å². The van der Waals surface area contributed by atoms with E-state index in [1.165, 1.54) is 5.56 Å². The standard InChI is InChI=1S/C29H35N5O3/c1-22(23-8-3-2-4-9-23)32-28-25-20-24(11-12-26(25)30-21-31-28)37-29(13-5-6-14-29)33-27(35)10-7-15-34-16-18-36-19-17-34/h2-4,7-12,20-22H,5-6,13-19H2,1H3,(H,33,35)(H,30,31,32)/b10-7+/t22-/m1/s1. The smallest absolute Gasteiger partial charge is 0.246 e. The SMILES string of the molecule is C[C@@H](Nc1ncnc2ccc(OC3(NC(=O)/C=C/CN4CCOCC4)CCCC3)cc12)c1ccccc1. The lowest BCUT2D eigenvalue weighted by molar-refractivity contribution is -0.122. The molecule has 2 heterocycles. The molecule has 8 nitrogen and oxygen atoms in total. The highest BCUT2D eigenvalue weighted by molar-refractivity contribution is 5.90. The Kier molecular flexibility index (Phi) is 7.96. The van der Waals surface area contributed by atoms with Crippen molar-refractivity contribution >= 4 is 22.6 Å². The second-order valence-electron chi connectivity index (χ2n) is 9.79. The number of carbonyl (C=O) groups is 1. The van der Waals surface area contributed by atoms with Crippen LogP contribution in [-0.2, 0) is 9.53 Å². The summed E-state index contributed by atoms with van der Waals surface area (Å²) >= 11 is 0. The molecule has 0 radical (unpaired) electrons. The predicted octanol–water partition coefficient (Wildman–Crippen LogP) is 4.46. The number of nitrogens with one attached hydrogen (secondary N) is 2. The van der Waals surface area contributed by atoms with Crippen molar-refractivity contribution in [2.24, 2.45) is 0 Å². The summed E-state index contributed by atoms with van der Waals surface area (Å²) in [6.07, 6.45) is 8.68. The molecule has 194 valence electrons. The number of fused-ring (bicyclic) bond motifs is 1. The van der Waals surface area contributed by atoms with Crippen molar-refractivity contribution in [3.63, 3.8) is 0 Å². The molecule has 1 aliphatic carbocycles. The van der Waals surface area contributed by atoms with Crippen molar-refractivity contribution in [2.45, 2.75) is 44.4 Å². The maximum atomic E-state index is 12.8. The molecule has 1 amide bonds. The Labute approximate surface area is 218 Å². The van der Waals surface area contributed by atoms with Gasteiger partial charge in [0.1, 0.15) is 17.9 Å². The fourth-order valence-corrected chi connectivity index (χ4v) is 5.03. The van der Waals surface area contributed by atoms with Gasteiger partial charge in [0.2, 0.25) is 5.91 Å². The first-order chi connectivity index (χ1) is 18.1. The molecule has 8 heteroatoms. The van der Waals surface area contributed by atoms with E-state index in [-0.39, 0.29) is 11.9 Å². The highest BCUT2D eigenvalue weighted by Crippen LogP contribution is 2.34. The molecule has 1 aromatic heterocycles. The number of nitrogens with zero attached hydrogens (tertiary/aromatic N) is 3. The number of aromatic nitrogens is 2. The summed E-state index contributed by atoms with van der Waals surface area (Å²) in [5.41, 5.74) is 1.30. The van der Waals surface area contributed by atoms with E-state index in [0.717, 1.165) is 75.3 Å². The highest BCUT2D eigenvalue weighted by atomic mass is 16.5. The average molecular weight is 502 g/mol. The Bertz CT molecular complexity index is 1220. The van der Waals surface area contributed by atoms with Gasteiger partial charge in [0.15, 0.2) is 5.72 Å². The third kappa shape index (κ3) is 6.45. The van der Waals surface area contributed by atoms with Crippen molar-refractivity contribution in [1.29, 1.82) is 0 Å². The fraction of sp³-hybridized carbons (Fsp3) is 0.414. The van der Waals surface area contributed by atoms with Crippen LogP contribution >= 0.6 is 0 Å². The van der Waals surface area contributed by atoms with E-state index in [9.17, 15) is 4.79 Å². The van der Waals surface area contributed by atoms with Gasteiger partial charge in [0.05, 0.1) is 18.7 Å². The Morgan fingerprint density at radius 1 is 1.14 bits per heavy atom. The van der Waals surface area contributed by atoms with Crippen molar-refractivity contribution in [3.8, 4) is 5.75 Å². The first kappa shape index (κ1) is 25.2. The molecule has 2 N–H and O–H groups in total. The van der Waals surface area contributed by atoms with E-state index in [0.29, 0.717) is 5.75 Å². The van der Waals surface area contributed by atoms with Crippen molar-refractivity contribution < 1.29 is 14.3 Å². The Hall–Kier alpha value is -3.49. The largest absolute Gasteiger partial charge is 0.468 e. The lowest BCUT2D eigenvalue weighted by atomic mass is 10.1. The van der Waals surface area contributed by atoms with Crippen LogP contribution in [0.5, 0.6) is 5.75 Å². The number of anilines is 1. The Morgan fingerprint density at radius 3 is 2.70 bits per heavy atom. The van der Waals surface area contributed by atoms with Crippen LogP contribution in [0.1, 0.15) is 44.2 Å². The van der Waals surface area contributed by atoms with Crippen LogP contribution in [0.3, 0.4) is 0 Å². The zero-order valence-electron chi connectivity index (χ0n) is 21.4.